The first-order chi connectivity index (χ1) is 17.4. The van der Waals surface area contributed by atoms with E-state index in [2.05, 4.69) is 23.7 Å². The van der Waals surface area contributed by atoms with Crippen LogP contribution in [0.1, 0.15) is 63.5 Å². The molecule has 1 saturated carbocycles. The summed E-state index contributed by atoms with van der Waals surface area (Å²) in [6.45, 7) is 6.87. The number of urea groups is 1. The van der Waals surface area contributed by atoms with Crippen molar-refractivity contribution in [3.63, 3.8) is 0 Å². The second-order valence-electron chi connectivity index (χ2n) is 11.0. The van der Waals surface area contributed by atoms with Crippen LogP contribution in [0.2, 0.25) is 0 Å². The first kappa shape index (κ1) is 24.6. The number of hydrogen-bond acceptors (Lipinski definition) is 5. The van der Waals surface area contributed by atoms with E-state index in [0.717, 1.165) is 42.0 Å². The highest BCUT2D eigenvalue weighted by Gasteiger charge is 2.60. The third kappa shape index (κ3) is 4.33. The summed E-state index contributed by atoms with van der Waals surface area (Å²) in [4.78, 5) is 38.4. The number of imide groups is 1. The number of nitrogens with zero attached hydrogens (tertiary/aromatic N) is 4. The number of pyridine rings is 1. The maximum absolute atomic E-state index is 14.4. The molecule has 1 aromatic heterocycles. The Kier molecular flexibility index (Phi) is 6.91. The van der Waals surface area contributed by atoms with Gasteiger partial charge in [-0.05, 0) is 42.4 Å². The van der Waals surface area contributed by atoms with Crippen LogP contribution in [0.5, 0.6) is 5.75 Å². The zero-order valence-electron chi connectivity index (χ0n) is 21.8. The van der Waals surface area contributed by atoms with E-state index in [0.29, 0.717) is 37.9 Å². The lowest BCUT2D eigenvalue weighted by molar-refractivity contribution is -0.135. The van der Waals surface area contributed by atoms with Gasteiger partial charge in [-0.25, -0.2) is 4.79 Å². The Morgan fingerprint density at radius 1 is 1.14 bits per heavy atom. The predicted molar refractivity (Wildman–Crippen MR) is 140 cm³/mol. The van der Waals surface area contributed by atoms with E-state index in [1.54, 1.807) is 24.4 Å². The van der Waals surface area contributed by atoms with E-state index in [9.17, 15) is 9.59 Å². The summed E-state index contributed by atoms with van der Waals surface area (Å²) in [5, 5.41) is 0. The first-order valence-electron chi connectivity index (χ1n) is 13.4. The fourth-order valence-electron chi connectivity index (χ4n) is 6.33. The molecule has 0 N–H and O–H groups in total. The van der Waals surface area contributed by atoms with E-state index in [-0.39, 0.29) is 11.9 Å². The molecule has 1 atom stereocenters. The molecular weight excluding hydrogens is 452 g/mol. The molecule has 3 aliphatic rings. The average Bonchev–Trinajstić information content (AvgIpc) is 3.08. The Bertz CT molecular complexity index is 1100. The lowest BCUT2D eigenvalue weighted by atomic mass is 9.79. The number of ether oxygens (including phenoxy) is 1. The molecule has 1 spiro atoms. The van der Waals surface area contributed by atoms with Crippen LogP contribution in [0, 0.1) is 11.8 Å². The van der Waals surface area contributed by atoms with E-state index in [1.165, 1.54) is 19.3 Å². The summed E-state index contributed by atoms with van der Waals surface area (Å²) in [5.74, 6) is 1.54. The van der Waals surface area contributed by atoms with Crippen molar-refractivity contribution in [3.8, 4) is 5.75 Å². The van der Waals surface area contributed by atoms with Crippen LogP contribution in [0.25, 0.3) is 0 Å². The third-order valence-corrected chi connectivity index (χ3v) is 8.07. The van der Waals surface area contributed by atoms with Crippen molar-refractivity contribution in [2.45, 2.75) is 64.5 Å². The Labute approximate surface area is 214 Å². The molecule has 3 heterocycles. The number of carbonyl (C=O) groups is 2. The molecule has 2 aromatic rings. The lowest BCUT2D eigenvalue weighted by Gasteiger charge is -2.45. The van der Waals surface area contributed by atoms with Crippen molar-refractivity contribution >= 4 is 17.6 Å². The van der Waals surface area contributed by atoms with E-state index in [4.69, 9.17) is 4.74 Å². The second-order valence-corrected chi connectivity index (χ2v) is 11.0. The van der Waals surface area contributed by atoms with Crippen LogP contribution >= 0.6 is 0 Å². The molecule has 0 bridgehead atoms. The molecule has 7 nitrogen and oxygen atoms in total. The van der Waals surface area contributed by atoms with Gasteiger partial charge in [0, 0.05) is 55.8 Å². The number of carbonyl (C=O) groups excluding carboxylic acids is 2. The number of fused-ring (bicyclic) bond motifs is 2. The molecule has 1 saturated heterocycles. The van der Waals surface area contributed by atoms with Gasteiger partial charge >= 0.3 is 6.03 Å². The number of amides is 3. The Morgan fingerprint density at radius 2 is 1.94 bits per heavy atom. The Balaban J connectivity index is 1.59. The van der Waals surface area contributed by atoms with E-state index < -0.39 is 5.54 Å². The molecule has 5 rings (SSSR count). The van der Waals surface area contributed by atoms with Gasteiger partial charge in [-0.1, -0.05) is 45.2 Å². The van der Waals surface area contributed by atoms with Gasteiger partial charge in [0.1, 0.15) is 5.75 Å². The number of rotatable bonds is 7. The smallest absolute Gasteiger partial charge is 0.328 e. The number of hydrogen-bond donors (Lipinski definition) is 0. The lowest BCUT2D eigenvalue weighted by Crippen LogP contribution is -2.53. The summed E-state index contributed by atoms with van der Waals surface area (Å²) >= 11 is 0. The number of benzene rings is 1. The number of aromatic nitrogens is 1. The van der Waals surface area contributed by atoms with E-state index in [1.807, 2.05) is 35.2 Å². The maximum Gasteiger partial charge on any atom is 0.328 e. The highest BCUT2D eigenvalue weighted by atomic mass is 16.5. The van der Waals surface area contributed by atoms with Crippen LogP contribution in [0.3, 0.4) is 0 Å². The van der Waals surface area contributed by atoms with Gasteiger partial charge in [0.25, 0.3) is 5.91 Å². The quantitative estimate of drug-likeness (QED) is 0.500. The summed E-state index contributed by atoms with van der Waals surface area (Å²) in [7, 11) is 1.66. The number of anilines is 1. The van der Waals surface area contributed by atoms with Crippen molar-refractivity contribution in [1.82, 2.24) is 14.8 Å². The average molecular weight is 491 g/mol. The van der Waals surface area contributed by atoms with Crippen molar-refractivity contribution in [3.05, 3.63) is 53.9 Å². The van der Waals surface area contributed by atoms with Gasteiger partial charge in [-0.2, -0.15) is 0 Å². The van der Waals surface area contributed by atoms with Gasteiger partial charge < -0.3 is 14.5 Å². The zero-order valence-corrected chi connectivity index (χ0v) is 21.8. The van der Waals surface area contributed by atoms with Gasteiger partial charge in [-0.3, -0.25) is 14.7 Å². The largest absolute Gasteiger partial charge is 0.497 e. The Hall–Kier alpha value is -3.09. The van der Waals surface area contributed by atoms with Crippen LogP contribution in [-0.4, -0.2) is 53.5 Å². The molecule has 7 heteroatoms. The standard InChI is InChI=1S/C29H38N4O3/c1-21(2)18-31-15-13-29(25-12-11-24(36-3)16-26(25)31)27(34)32(19-22-8-5-4-6-9-22)28(35)33(29)20-23-10-7-14-30-17-23/h7,10-12,14,16-17,21-22H,4-6,8-9,13,15,18-20H2,1-3H3. The summed E-state index contributed by atoms with van der Waals surface area (Å²) in [6, 6.07) is 9.64. The minimum Gasteiger partial charge on any atom is -0.497 e. The molecule has 0 radical (unpaired) electrons. The van der Waals surface area contributed by atoms with Crippen LogP contribution in [-0.2, 0) is 16.9 Å². The molecule has 3 amide bonds. The Morgan fingerprint density at radius 3 is 2.64 bits per heavy atom. The molecule has 1 unspecified atom stereocenters. The third-order valence-electron chi connectivity index (χ3n) is 8.07. The highest BCUT2D eigenvalue weighted by Crippen LogP contribution is 2.49. The van der Waals surface area contributed by atoms with Crippen molar-refractivity contribution in [2.75, 3.05) is 31.6 Å². The molecule has 192 valence electrons. The monoisotopic (exact) mass is 490 g/mol. The summed E-state index contributed by atoms with van der Waals surface area (Å²) < 4.78 is 5.57. The minimum absolute atomic E-state index is 0.0717. The molecule has 36 heavy (non-hydrogen) atoms. The number of methoxy groups -OCH3 is 1. The van der Waals surface area contributed by atoms with Crippen LogP contribution < -0.4 is 9.64 Å². The topological polar surface area (TPSA) is 66.0 Å². The van der Waals surface area contributed by atoms with Crippen molar-refractivity contribution < 1.29 is 14.3 Å². The minimum atomic E-state index is -1.02. The van der Waals surface area contributed by atoms with Crippen LogP contribution in [0.4, 0.5) is 10.5 Å². The first-order valence-corrected chi connectivity index (χ1v) is 13.4. The highest BCUT2D eigenvalue weighted by molar-refractivity contribution is 6.08. The molecular formula is C29H38N4O3. The molecule has 2 fully saturated rings. The molecule has 1 aliphatic carbocycles. The summed E-state index contributed by atoms with van der Waals surface area (Å²) in [6.07, 6.45) is 9.87. The maximum atomic E-state index is 14.4. The fraction of sp³-hybridized carbons (Fsp3) is 0.552. The zero-order chi connectivity index (χ0) is 25.3. The van der Waals surface area contributed by atoms with Gasteiger partial charge in [0.05, 0.1) is 13.7 Å². The van der Waals surface area contributed by atoms with Crippen molar-refractivity contribution in [2.24, 2.45) is 11.8 Å². The van der Waals surface area contributed by atoms with E-state index >= 15 is 0 Å². The fourth-order valence-corrected chi connectivity index (χ4v) is 6.33. The van der Waals surface area contributed by atoms with Gasteiger partial charge in [-0.15, -0.1) is 0 Å². The van der Waals surface area contributed by atoms with Crippen LogP contribution in [0.15, 0.2) is 42.7 Å². The molecule has 1 aromatic carbocycles. The SMILES string of the molecule is COc1ccc2c(c1)N(CC(C)C)CCC21C(=O)N(CC2CCCCC2)C(=O)N1Cc1cccnc1. The van der Waals surface area contributed by atoms with Gasteiger partial charge in [0.15, 0.2) is 5.54 Å². The van der Waals surface area contributed by atoms with Crippen molar-refractivity contribution in [1.29, 1.82) is 0 Å². The second kappa shape index (κ2) is 10.1. The predicted octanol–water partition coefficient (Wildman–Crippen LogP) is 5.20. The summed E-state index contributed by atoms with van der Waals surface area (Å²) in [5.41, 5.74) is 1.81. The van der Waals surface area contributed by atoms with Gasteiger partial charge in [0.2, 0.25) is 0 Å². The molecule has 2 aliphatic heterocycles. The normalized spacial score (nSPS) is 22.6.